The lowest BCUT2D eigenvalue weighted by atomic mass is 10.1. The van der Waals surface area contributed by atoms with E-state index in [4.69, 9.17) is 0 Å². The topological polar surface area (TPSA) is 42.0 Å². The third-order valence-electron chi connectivity index (χ3n) is 2.36. The minimum atomic E-state index is 0.0201. The van der Waals surface area contributed by atoms with Crippen LogP contribution in [0.2, 0.25) is 0 Å². The lowest BCUT2D eigenvalue weighted by Crippen LogP contribution is -2.20. The Morgan fingerprint density at radius 3 is 2.87 bits per heavy atom. The summed E-state index contributed by atoms with van der Waals surface area (Å²) in [5.74, 6) is 0.656. The number of pyridine rings is 1. The fourth-order valence-corrected chi connectivity index (χ4v) is 1.26. The summed E-state index contributed by atoms with van der Waals surface area (Å²) >= 11 is 3.36. The SMILES string of the molecule is CCC(C)C(=O)Nc1cc(C)c(Br)cn1. The number of hydrogen-bond donors (Lipinski definition) is 1. The van der Waals surface area contributed by atoms with E-state index in [0.29, 0.717) is 5.82 Å². The molecule has 82 valence electrons. The Balaban J connectivity index is 2.73. The van der Waals surface area contributed by atoms with Crippen molar-refractivity contribution in [3.63, 3.8) is 0 Å². The molecule has 0 aliphatic heterocycles. The molecule has 0 spiro atoms. The first-order chi connectivity index (χ1) is 7.04. The third kappa shape index (κ3) is 3.30. The van der Waals surface area contributed by atoms with E-state index in [1.54, 1.807) is 6.20 Å². The molecule has 1 N–H and O–H groups in total. The molecule has 1 rings (SSSR count). The number of aryl methyl sites for hydroxylation is 1. The number of carbonyl (C=O) groups is 1. The number of carbonyl (C=O) groups excluding carboxylic acids is 1. The van der Waals surface area contributed by atoms with Crippen LogP contribution in [0.3, 0.4) is 0 Å². The second-order valence-corrected chi connectivity index (χ2v) is 4.47. The van der Waals surface area contributed by atoms with Crippen LogP contribution in [0.15, 0.2) is 16.7 Å². The molecule has 1 unspecified atom stereocenters. The van der Waals surface area contributed by atoms with Crippen molar-refractivity contribution in [2.45, 2.75) is 27.2 Å². The van der Waals surface area contributed by atoms with Gasteiger partial charge in [0.25, 0.3) is 0 Å². The van der Waals surface area contributed by atoms with E-state index in [9.17, 15) is 4.79 Å². The molecule has 1 aromatic heterocycles. The van der Waals surface area contributed by atoms with Crippen LogP contribution in [0.25, 0.3) is 0 Å². The van der Waals surface area contributed by atoms with Gasteiger partial charge in [0.2, 0.25) is 5.91 Å². The van der Waals surface area contributed by atoms with Crippen LogP contribution in [0.5, 0.6) is 0 Å². The van der Waals surface area contributed by atoms with Crippen LogP contribution in [0, 0.1) is 12.8 Å². The molecule has 1 atom stereocenters. The molecular weight excluding hydrogens is 256 g/mol. The highest BCUT2D eigenvalue weighted by atomic mass is 79.9. The average Bonchev–Trinajstić information content (AvgIpc) is 2.22. The minimum absolute atomic E-state index is 0.0201. The van der Waals surface area contributed by atoms with Gasteiger partial charge in [-0.2, -0.15) is 0 Å². The summed E-state index contributed by atoms with van der Waals surface area (Å²) in [6.45, 7) is 5.86. The number of hydrogen-bond acceptors (Lipinski definition) is 2. The van der Waals surface area contributed by atoms with Crippen LogP contribution in [0.1, 0.15) is 25.8 Å². The lowest BCUT2D eigenvalue weighted by Gasteiger charge is -2.09. The van der Waals surface area contributed by atoms with Gasteiger partial charge in [0.15, 0.2) is 0 Å². The van der Waals surface area contributed by atoms with Gasteiger partial charge in [0.05, 0.1) is 0 Å². The summed E-state index contributed by atoms with van der Waals surface area (Å²) in [5.41, 5.74) is 1.06. The van der Waals surface area contributed by atoms with Crippen molar-refractivity contribution in [2.75, 3.05) is 5.32 Å². The van der Waals surface area contributed by atoms with Crippen LogP contribution < -0.4 is 5.32 Å². The Kier molecular flexibility index (Phi) is 4.27. The summed E-state index contributed by atoms with van der Waals surface area (Å²) in [6.07, 6.45) is 2.53. The van der Waals surface area contributed by atoms with E-state index in [1.807, 2.05) is 26.8 Å². The van der Waals surface area contributed by atoms with E-state index in [2.05, 4.69) is 26.2 Å². The van der Waals surface area contributed by atoms with E-state index < -0.39 is 0 Å². The Morgan fingerprint density at radius 2 is 2.33 bits per heavy atom. The van der Waals surface area contributed by atoms with E-state index in [1.165, 1.54) is 0 Å². The van der Waals surface area contributed by atoms with Crippen molar-refractivity contribution in [1.29, 1.82) is 0 Å². The zero-order valence-corrected chi connectivity index (χ0v) is 10.8. The summed E-state index contributed by atoms with van der Waals surface area (Å²) in [4.78, 5) is 15.7. The summed E-state index contributed by atoms with van der Waals surface area (Å²) in [5, 5.41) is 2.79. The molecule has 15 heavy (non-hydrogen) atoms. The summed E-state index contributed by atoms with van der Waals surface area (Å²) in [6, 6.07) is 1.85. The highest BCUT2D eigenvalue weighted by molar-refractivity contribution is 9.10. The number of amides is 1. The van der Waals surface area contributed by atoms with E-state index in [0.717, 1.165) is 16.5 Å². The van der Waals surface area contributed by atoms with Crippen LogP contribution in [0.4, 0.5) is 5.82 Å². The number of aromatic nitrogens is 1. The van der Waals surface area contributed by atoms with Gasteiger partial charge in [-0.1, -0.05) is 13.8 Å². The quantitative estimate of drug-likeness (QED) is 0.917. The molecule has 0 saturated heterocycles. The Bertz CT molecular complexity index is 366. The molecule has 3 nitrogen and oxygen atoms in total. The van der Waals surface area contributed by atoms with Crippen LogP contribution in [-0.4, -0.2) is 10.9 Å². The van der Waals surface area contributed by atoms with Crippen molar-refractivity contribution in [3.05, 3.63) is 22.3 Å². The smallest absolute Gasteiger partial charge is 0.228 e. The maximum atomic E-state index is 11.6. The Morgan fingerprint density at radius 1 is 1.67 bits per heavy atom. The fraction of sp³-hybridized carbons (Fsp3) is 0.455. The minimum Gasteiger partial charge on any atom is -0.310 e. The molecule has 1 amide bonds. The predicted octanol–water partition coefficient (Wildman–Crippen LogP) is 3.14. The number of nitrogens with zero attached hydrogens (tertiary/aromatic N) is 1. The van der Waals surface area contributed by atoms with Crippen LogP contribution >= 0.6 is 15.9 Å². The predicted molar refractivity (Wildman–Crippen MR) is 64.8 cm³/mol. The molecule has 1 aromatic rings. The van der Waals surface area contributed by atoms with Gasteiger partial charge in [0, 0.05) is 16.6 Å². The first-order valence-electron chi connectivity index (χ1n) is 4.97. The van der Waals surface area contributed by atoms with E-state index in [-0.39, 0.29) is 11.8 Å². The molecular formula is C11H15BrN2O. The molecule has 1 heterocycles. The average molecular weight is 271 g/mol. The van der Waals surface area contributed by atoms with Gasteiger partial charge in [-0.15, -0.1) is 0 Å². The number of nitrogens with one attached hydrogen (secondary N) is 1. The van der Waals surface area contributed by atoms with Crippen LogP contribution in [-0.2, 0) is 4.79 Å². The van der Waals surface area contributed by atoms with Gasteiger partial charge >= 0.3 is 0 Å². The number of rotatable bonds is 3. The molecule has 0 fully saturated rings. The molecule has 0 radical (unpaired) electrons. The fourth-order valence-electron chi connectivity index (χ4n) is 1.04. The zero-order chi connectivity index (χ0) is 11.4. The van der Waals surface area contributed by atoms with Crippen molar-refractivity contribution in [1.82, 2.24) is 4.98 Å². The highest BCUT2D eigenvalue weighted by Gasteiger charge is 2.11. The molecule has 0 bridgehead atoms. The van der Waals surface area contributed by atoms with Crippen molar-refractivity contribution in [2.24, 2.45) is 5.92 Å². The molecule has 0 aliphatic carbocycles. The Labute approximate surface area is 98.4 Å². The van der Waals surface area contributed by atoms with Gasteiger partial charge in [0.1, 0.15) is 5.82 Å². The molecule has 4 heteroatoms. The first-order valence-corrected chi connectivity index (χ1v) is 5.77. The molecule has 0 aliphatic rings. The lowest BCUT2D eigenvalue weighted by molar-refractivity contribution is -0.119. The van der Waals surface area contributed by atoms with Gasteiger partial charge in [-0.05, 0) is 40.9 Å². The summed E-state index contributed by atoms with van der Waals surface area (Å²) < 4.78 is 0.948. The van der Waals surface area contributed by atoms with Gasteiger partial charge in [-0.3, -0.25) is 4.79 Å². The maximum Gasteiger partial charge on any atom is 0.228 e. The second-order valence-electron chi connectivity index (χ2n) is 3.62. The second kappa shape index (κ2) is 5.26. The van der Waals surface area contributed by atoms with Crippen molar-refractivity contribution >= 4 is 27.7 Å². The monoisotopic (exact) mass is 270 g/mol. The third-order valence-corrected chi connectivity index (χ3v) is 3.19. The number of halogens is 1. The van der Waals surface area contributed by atoms with E-state index >= 15 is 0 Å². The van der Waals surface area contributed by atoms with Gasteiger partial charge < -0.3 is 5.32 Å². The Hall–Kier alpha value is -0.900. The largest absolute Gasteiger partial charge is 0.310 e. The first kappa shape index (κ1) is 12.2. The highest BCUT2D eigenvalue weighted by Crippen LogP contribution is 2.17. The molecule has 0 aromatic carbocycles. The summed E-state index contributed by atoms with van der Waals surface area (Å²) in [7, 11) is 0. The van der Waals surface area contributed by atoms with Gasteiger partial charge in [-0.25, -0.2) is 4.98 Å². The normalized spacial score (nSPS) is 12.3. The maximum absolute atomic E-state index is 11.6. The molecule has 0 saturated carbocycles. The van der Waals surface area contributed by atoms with Crippen molar-refractivity contribution in [3.8, 4) is 0 Å². The zero-order valence-electron chi connectivity index (χ0n) is 9.17. The van der Waals surface area contributed by atoms with Crippen molar-refractivity contribution < 1.29 is 4.79 Å². The number of anilines is 1. The standard InChI is InChI=1S/C11H15BrN2O/c1-4-7(2)11(15)14-10-5-8(3)9(12)6-13-10/h5-7H,4H2,1-3H3,(H,13,14,15).